The van der Waals surface area contributed by atoms with Crippen LogP contribution in [0.5, 0.6) is 0 Å². The first-order valence-corrected chi connectivity index (χ1v) is 13.2. The van der Waals surface area contributed by atoms with Crippen LogP contribution in [0.1, 0.15) is 62.7 Å². The molecule has 7 atom stereocenters. The highest BCUT2D eigenvalue weighted by Crippen LogP contribution is 2.62. The Kier molecular flexibility index (Phi) is 5.81. The van der Waals surface area contributed by atoms with E-state index in [1.54, 1.807) is 6.26 Å². The van der Waals surface area contributed by atoms with Crippen molar-refractivity contribution in [3.8, 4) is 0 Å². The normalized spacial score (nSPS) is 37.1. The molecular formula is C29H37NO4. The van der Waals surface area contributed by atoms with Crippen LogP contribution in [-0.4, -0.2) is 37.4 Å². The largest absolute Gasteiger partial charge is 0.469 e. The molecule has 182 valence electrons. The summed E-state index contributed by atoms with van der Waals surface area (Å²) in [5.41, 5.74) is 1.68. The Labute approximate surface area is 202 Å². The van der Waals surface area contributed by atoms with E-state index in [1.165, 1.54) is 24.8 Å². The van der Waals surface area contributed by atoms with Gasteiger partial charge in [-0.15, -0.1) is 0 Å². The summed E-state index contributed by atoms with van der Waals surface area (Å²) >= 11 is 0. The molecule has 0 unspecified atom stereocenters. The third-order valence-electron chi connectivity index (χ3n) is 9.38. The van der Waals surface area contributed by atoms with Gasteiger partial charge in [-0.25, -0.2) is 0 Å². The maximum absolute atomic E-state index is 12.9. The van der Waals surface area contributed by atoms with Crippen LogP contribution in [0.3, 0.4) is 0 Å². The van der Waals surface area contributed by atoms with Gasteiger partial charge in [-0.3, -0.25) is 4.79 Å². The second-order valence-corrected chi connectivity index (χ2v) is 11.5. The van der Waals surface area contributed by atoms with Crippen molar-refractivity contribution >= 4 is 5.97 Å². The molecule has 4 aliphatic rings. The summed E-state index contributed by atoms with van der Waals surface area (Å²) in [6.45, 7) is 4.89. The number of carbonyl (C=O) groups is 1. The zero-order valence-electron chi connectivity index (χ0n) is 20.2. The Hall–Kier alpha value is -2.11. The minimum Gasteiger partial charge on any atom is -0.469 e. The van der Waals surface area contributed by atoms with Crippen LogP contribution >= 0.6 is 0 Å². The maximum atomic E-state index is 12.9. The molecule has 2 aliphatic heterocycles. The lowest BCUT2D eigenvalue weighted by molar-refractivity contribution is -0.147. The molecule has 0 amide bonds. The molecule has 2 saturated carbocycles. The molecule has 4 fully saturated rings. The van der Waals surface area contributed by atoms with E-state index in [0.29, 0.717) is 24.3 Å². The molecule has 0 bridgehead atoms. The zero-order chi connectivity index (χ0) is 23.2. The van der Waals surface area contributed by atoms with Gasteiger partial charge in [0.1, 0.15) is 11.9 Å². The van der Waals surface area contributed by atoms with E-state index in [0.717, 1.165) is 44.6 Å². The molecule has 5 heteroatoms. The number of fused-ring (bicyclic) bond motifs is 3. The van der Waals surface area contributed by atoms with Crippen LogP contribution in [0, 0.1) is 23.2 Å². The molecule has 1 spiro atoms. The van der Waals surface area contributed by atoms with E-state index in [2.05, 4.69) is 48.6 Å². The first-order chi connectivity index (χ1) is 16.6. The van der Waals surface area contributed by atoms with Crippen molar-refractivity contribution in [2.75, 3.05) is 19.7 Å². The standard InChI is InChI=1S/C29H37NO4/c1-28-11-6-12-29(19-33-29)26(28)16-22-23(27(31)34-25(22)17-28)18-30-13-10-21(24-9-5-14-32-24)15-20-7-3-2-4-8-20/h2-5,7-9,14,21-23,25-26,30H,6,10-13,15-19H2,1H3/t21-,22-,23-,25-,26-,28-,29+/m1/s1. The van der Waals surface area contributed by atoms with Gasteiger partial charge < -0.3 is 19.2 Å². The number of rotatable bonds is 8. The van der Waals surface area contributed by atoms with Crippen LogP contribution in [0.2, 0.25) is 0 Å². The zero-order valence-corrected chi connectivity index (χ0v) is 20.2. The highest BCUT2D eigenvalue weighted by molar-refractivity contribution is 5.75. The van der Waals surface area contributed by atoms with Crippen molar-refractivity contribution in [1.29, 1.82) is 0 Å². The van der Waals surface area contributed by atoms with Crippen LogP contribution in [-0.2, 0) is 20.7 Å². The van der Waals surface area contributed by atoms with E-state index >= 15 is 0 Å². The third-order valence-corrected chi connectivity index (χ3v) is 9.38. The average Bonchev–Trinajstić information content (AvgIpc) is 3.25. The van der Waals surface area contributed by atoms with E-state index in [4.69, 9.17) is 13.9 Å². The lowest BCUT2D eigenvalue weighted by Gasteiger charge is -2.51. The van der Waals surface area contributed by atoms with E-state index in [9.17, 15) is 4.79 Å². The summed E-state index contributed by atoms with van der Waals surface area (Å²) < 4.78 is 17.8. The van der Waals surface area contributed by atoms with Gasteiger partial charge in [-0.05, 0) is 80.5 Å². The fourth-order valence-corrected chi connectivity index (χ4v) is 7.49. The summed E-state index contributed by atoms with van der Waals surface area (Å²) in [5.74, 6) is 2.21. The summed E-state index contributed by atoms with van der Waals surface area (Å²) in [4.78, 5) is 12.9. The lowest BCUT2D eigenvalue weighted by atomic mass is 9.53. The Morgan fingerprint density at radius 1 is 1.15 bits per heavy atom. The van der Waals surface area contributed by atoms with Crippen LogP contribution in [0.25, 0.3) is 0 Å². The fraction of sp³-hybridized carbons (Fsp3) is 0.621. The molecule has 2 saturated heterocycles. The Balaban J connectivity index is 1.07. The van der Waals surface area contributed by atoms with Crippen molar-refractivity contribution < 1.29 is 18.7 Å². The van der Waals surface area contributed by atoms with Crippen molar-refractivity contribution in [3.05, 3.63) is 60.1 Å². The Morgan fingerprint density at radius 2 is 2.00 bits per heavy atom. The molecule has 2 aliphatic carbocycles. The molecule has 2 aromatic rings. The Morgan fingerprint density at radius 3 is 2.76 bits per heavy atom. The number of furan rings is 1. The van der Waals surface area contributed by atoms with Crippen LogP contribution in [0.4, 0.5) is 0 Å². The number of nitrogens with one attached hydrogen (secondary N) is 1. The van der Waals surface area contributed by atoms with Gasteiger partial charge in [0.2, 0.25) is 0 Å². The van der Waals surface area contributed by atoms with E-state index in [1.807, 2.05) is 6.07 Å². The quantitative estimate of drug-likeness (QED) is 0.335. The molecule has 1 N–H and O–H groups in total. The van der Waals surface area contributed by atoms with Gasteiger partial charge in [0.05, 0.1) is 24.4 Å². The number of carbonyl (C=O) groups excluding carboxylic acids is 1. The third kappa shape index (κ3) is 4.11. The molecule has 1 aromatic heterocycles. The first-order valence-electron chi connectivity index (χ1n) is 13.2. The topological polar surface area (TPSA) is 64.0 Å². The SMILES string of the molecule is C[C@]12CCC[C@]3(CO3)[C@@H]1C[C@H]1[C@@H](C2)OC(=O)[C@@H]1CNCC[C@H](Cc1ccccc1)c1ccco1. The molecule has 0 radical (unpaired) electrons. The molecule has 5 nitrogen and oxygen atoms in total. The smallest absolute Gasteiger partial charge is 0.310 e. The second-order valence-electron chi connectivity index (χ2n) is 11.5. The van der Waals surface area contributed by atoms with Gasteiger partial charge in [0, 0.05) is 18.4 Å². The predicted molar refractivity (Wildman–Crippen MR) is 129 cm³/mol. The van der Waals surface area contributed by atoms with Gasteiger partial charge in [0.25, 0.3) is 0 Å². The highest BCUT2D eigenvalue weighted by Gasteiger charge is 2.64. The fourth-order valence-electron chi connectivity index (χ4n) is 7.49. The number of hydrogen-bond donors (Lipinski definition) is 1. The minimum absolute atomic E-state index is 0.00221. The highest BCUT2D eigenvalue weighted by atomic mass is 16.6. The average molecular weight is 464 g/mol. The number of hydrogen-bond acceptors (Lipinski definition) is 5. The van der Waals surface area contributed by atoms with Crippen molar-refractivity contribution in [1.82, 2.24) is 5.32 Å². The molecule has 6 rings (SSSR count). The van der Waals surface area contributed by atoms with E-state index in [-0.39, 0.29) is 29.0 Å². The van der Waals surface area contributed by atoms with Crippen molar-refractivity contribution in [2.45, 2.75) is 69.5 Å². The van der Waals surface area contributed by atoms with Crippen molar-refractivity contribution in [3.63, 3.8) is 0 Å². The molecule has 34 heavy (non-hydrogen) atoms. The van der Waals surface area contributed by atoms with Gasteiger partial charge in [-0.2, -0.15) is 0 Å². The maximum Gasteiger partial charge on any atom is 0.310 e. The van der Waals surface area contributed by atoms with Crippen molar-refractivity contribution in [2.24, 2.45) is 23.2 Å². The van der Waals surface area contributed by atoms with Crippen LogP contribution in [0.15, 0.2) is 53.1 Å². The summed E-state index contributed by atoms with van der Waals surface area (Å²) in [6.07, 6.45) is 9.51. The number of benzene rings is 1. The number of esters is 1. The summed E-state index contributed by atoms with van der Waals surface area (Å²) in [6, 6.07) is 14.6. The monoisotopic (exact) mass is 463 g/mol. The molecule has 1 aromatic carbocycles. The summed E-state index contributed by atoms with van der Waals surface area (Å²) in [5, 5.41) is 3.61. The lowest BCUT2D eigenvalue weighted by Crippen LogP contribution is -2.51. The number of ether oxygens (including phenoxy) is 2. The van der Waals surface area contributed by atoms with Crippen LogP contribution < -0.4 is 5.32 Å². The second kappa shape index (κ2) is 8.83. The van der Waals surface area contributed by atoms with Gasteiger partial charge in [0.15, 0.2) is 0 Å². The van der Waals surface area contributed by atoms with E-state index < -0.39 is 0 Å². The predicted octanol–water partition coefficient (Wildman–Crippen LogP) is 5.11. The first kappa shape index (κ1) is 22.4. The Bertz CT molecular complexity index is 985. The van der Waals surface area contributed by atoms with Gasteiger partial charge >= 0.3 is 5.97 Å². The number of epoxide rings is 1. The van der Waals surface area contributed by atoms with Gasteiger partial charge in [-0.1, -0.05) is 37.3 Å². The molecular weight excluding hydrogens is 426 g/mol. The molecule has 3 heterocycles. The minimum atomic E-state index is -0.0385. The summed E-state index contributed by atoms with van der Waals surface area (Å²) in [7, 11) is 0.